The molecule has 0 N–H and O–H groups in total. The first-order valence-electron chi connectivity index (χ1n) is 25.2. The minimum Gasteiger partial charge on any atom is -0.327 e. The van der Waals surface area contributed by atoms with Gasteiger partial charge >= 0.3 is 0 Å². The second-order valence-electron chi connectivity index (χ2n) is 17.8. The number of likely N-dealkylation sites (tertiary alicyclic amines) is 1. The molecular weight excluding hydrogens is 645 g/mol. The molecule has 1 rings (SSSR count). The van der Waals surface area contributed by atoms with Gasteiger partial charge in [0.2, 0.25) is 5.91 Å². The second-order valence-corrected chi connectivity index (χ2v) is 17.8. The Morgan fingerprint density at radius 2 is 0.623 bits per heavy atom. The smallest absolute Gasteiger partial charge is 0.223 e. The zero-order valence-electron chi connectivity index (χ0n) is 37.2. The van der Waals surface area contributed by atoms with Gasteiger partial charge in [0.1, 0.15) is 0 Å². The molecule has 1 heterocycles. The van der Waals surface area contributed by atoms with Gasteiger partial charge in [-0.05, 0) is 26.2 Å². The topological polar surface area (TPSA) is 23.6 Å². The number of carbonyl (C=O) groups is 1. The van der Waals surface area contributed by atoms with Crippen LogP contribution >= 0.6 is 0 Å². The summed E-state index contributed by atoms with van der Waals surface area (Å²) in [6.45, 7) is 10.2. The molecule has 0 radical (unpaired) electrons. The average Bonchev–Trinajstić information content (AvgIpc) is 3.60. The van der Waals surface area contributed by atoms with Crippen LogP contribution in [0, 0.1) is 0 Å². The van der Waals surface area contributed by atoms with Crippen LogP contribution in [0.25, 0.3) is 0 Å². The van der Waals surface area contributed by atoms with Gasteiger partial charge in [-0.3, -0.25) is 9.69 Å². The Labute approximate surface area is 335 Å². The zero-order valence-corrected chi connectivity index (χ0v) is 37.2. The van der Waals surface area contributed by atoms with E-state index in [4.69, 9.17) is 0 Å². The van der Waals surface area contributed by atoms with Crippen molar-refractivity contribution in [1.29, 1.82) is 0 Å². The van der Waals surface area contributed by atoms with Crippen molar-refractivity contribution in [1.82, 2.24) is 9.80 Å². The average molecular weight is 745 g/mol. The monoisotopic (exact) mass is 745 g/mol. The molecule has 3 heteroatoms. The summed E-state index contributed by atoms with van der Waals surface area (Å²) in [6.07, 6.45) is 59.5. The van der Waals surface area contributed by atoms with E-state index in [1.807, 2.05) is 0 Å². The Morgan fingerprint density at radius 3 is 0.830 bits per heavy atom. The van der Waals surface area contributed by atoms with Crippen LogP contribution in [0.4, 0.5) is 0 Å². The zero-order chi connectivity index (χ0) is 38.1. The molecule has 0 spiro atoms. The van der Waals surface area contributed by atoms with Crippen molar-refractivity contribution >= 4 is 5.91 Å². The quantitative estimate of drug-likeness (QED) is 0.0580. The molecule has 3 nitrogen and oxygen atoms in total. The summed E-state index contributed by atoms with van der Waals surface area (Å²) in [4.78, 5) is 17.4. The van der Waals surface area contributed by atoms with E-state index in [1.165, 1.54) is 270 Å². The van der Waals surface area contributed by atoms with Gasteiger partial charge < -0.3 is 4.90 Å². The predicted octanol–water partition coefficient (Wildman–Crippen LogP) is 16.9. The SMILES string of the molecule is CCCCCCCCCCCCCCCCCCCCCCN(CCCCCCCCCCCCCCCCCCCCCC)C(C)N1CCCC1=O. The first-order chi connectivity index (χ1) is 26.2. The van der Waals surface area contributed by atoms with E-state index in [2.05, 4.69) is 30.6 Å². The molecule has 1 aliphatic heterocycles. The number of nitrogens with zero attached hydrogens (tertiary/aromatic N) is 2. The first-order valence-corrected chi connectivity index (χ1v) is 25.2. The van der Waals surface area contributed by atoms with Crippen molar-refractivity contribution in [2.24, 2.45) is 0 Å². The number of rotatable bonds is 44. The fraction of sp³-hybridized carbons (Fsp3) is 0.980. The first kappa shape index (κ1) is 50.4. The van der Waals surface area contributed by atoms with Gasteiger partial charge in [0, 0.05) is 26.1 Å². The molecule has 1 atom stereocenters. The van der Waals surface area contributed by atoms with Crippen LogP contribution in [0.3, 0.4) is 0 Å². The van der Waals surface area contributed by atoms with Crippen molar-refractivity contribution in [2.75, 3.05) is 19.6 Å². The molecule has 316 valence electrons. The summed E-state index contributed by atoms with van der Waals surface area (Å²) in [5, 5.41) is 0. The lowest BCUT2D eigenvalue weighted by atomic mass is 10.0. The summed E-state index contributed by atoms with van der Waals surface area (Å²) in [7, 11) is 0. The van der Waals surface area contributed by atoms with E-state index in [0.29, 0.717) is 5.91 Å². The molecule has 53 heavy (non-hydrogen) atoms. The molecule has 0 aromatic carbocycles. The minimum absolute atomic E-state index is 0.283. The Balaban J connectivity index is 1.97. The lowest BCUT2D eigenvalue weighted by molar-refractivity contribution is -0.132. The molecule has 1 fully saturated rings. The molecule has 1 aliphatic rings. The molecule has 1 amide bonds. The standard InChI is InChI=1S/C50H100N2O/c1-4-6-8-10-12-14-16-18-20-22-24-26-28-30-32-34-36-38-40-42-46-51(49(3)52-48-44-45-50(52)53)47-43-41-39-37-35-33-31-29-27-25-23-21-19-17-15-13-11-9-7-5-2/h49H,4-48H2,1-3H3. The van der Waals surface area contributed by atoms with E-state index < -0.39 is 0 Å². The van der Waals surface area contributed by atoms with Crippen LogP contribution in [0.1, 0.15) is 290 Å². The molecule has 0 aromatic rings. The fourth-order valence-electron chi connectivity index (χ4n) is 8.89. The normalized spacial score (nSPS) is 14.0. The Bertz CT molecular complexity index is 680. The molecule has 0 bridgehead atoms. The van der Waals surface area contributed by atoms with Crippen molar-refractivity contribution in [2.45, 2.75) is 297 Å². The molecule has 0 aromatic heterocycles. The third kappa shape index (κ3) is 33.3. The highest BCUT2D eigenvalue weighted by Crippen LogP contribution is 2.20. The van der Waals surface area contributed by atoms with E-state index in [1.54, 1.807) is 0 Å². The summed E-state index contributed by atoms with van der Waals surface area (Å²) in [6, 6.07) is 0. The maximum Gasteiger partial charge on any atom is 0.223 e. The Kier molecular flexibility index (Phi) is 39.1. The lowest BCUT2D eigenvalue weighted by Crippen LogP contribution is -2.47. The highest BCUT2D eigenvalue weighted by atomic mass is 16.2. The lowest BCUT2D eigenvalue weighted by Gasteiger charge is -2.35. The van der Waals surface area contributed by atoms with Gasteiger partial charge in [-0.1, -0.05) is 258 Å². The van der Waals surface area contributed by atoms with E-state index in [9.17, 15) is 4.79 Å². The molecule has 1 unspecified atom stereocenters. The largest absolute Gasteiger partial charge is 0.327 e. The number of unbranched alkanes of at least 4 members (excludes halogenated alkanes) is 38. The number of hydrogen-bond donors (Lipinski definition) is 0. The van der Waals surface area contributed by atoms with Crippen molar-refractivity contribution < 1.29 is 4.79 Å². The molecule has 0 aliphatic carbocycles. The summed E-state index contributed by atoms with van der Waals surface area (Å²) < 4.78 is 0. The van der Waals surface area contributed by atoms with Gasteiger partial charge in [0.25, 0.3) is 0 Å². The minimum atomic E-state index is 0.283. The van der Waals surface area contributed by atoms with Crippen molar-refractivity contribution in [3.05, 3.63) is 0 Å². The maximum atomic E-state index is 12.5. The molecule has 1 saturated heterocycles. The van der Waals surface area contributed by atoms with Gasteiger partial charge in [-0.25, -0.2) is 0 Å². The summed E-state index contributed by atoms with van der Waals surface area (Å²) >= 11 is 0. The van der Waals surface area contributed by atoms with Crippen LogP contribution in [-0.2, 0) is 4.79 Å². The van der Waals surface area contributed by atoms with Crippen molar-refractivity contribution in [3.8, 4) is 0 Å². The number of carbonyl (C=O) groups excluding carboxylic acids is 1. The highest BCUT2D eigenvalue weighted by molar-refractivity contribution is 5.78. The van der Waals surface area contributed by atoms with Crippen LogP contribution in [-0.4, -0.2) is 41.5 Å². The van der Waals surface area contributed by atoms with E-state index in [0.717, 1.165) is 19.4 Å². The third-order valence-corrected chi connectivity index (χ3v) is 12.7. The van der Waals surface area contributed by atoms with E-state index >= 15 is 0 Å². The second kappa shape index (κ2) is 41.1. The number of amides is 1. The number of hydrogen-bond acceptors (Lipinski definition) is 2. The fourth-order valence-corrected chi connectivity index (χ4v) is 8.89. The molecular formula is C50H100N2O. The van der Waals surface area contributed by atoms with Gasteiger partial charge in [-0.15, -0.1) is 0 Å². The summed E-state index contributed by atoms with van der Waals surface area (Å²) in [5.41, 5.74) is 0. The van der Waals surface area contributed by atoms with Gasteiger partial charge in [0.15, 0.2) is 0 Å². The maximum absolute atomic E-state index is 12.5. The summed E-state index contributed by atoms with van der Waals surface area (Å²) in [5.74, 6) is 0.384. The molecule has 0 saturated carbocycles. The highest BCUT2D eigenvalue weighted by Gasteiger charge is 2.28. The third-order valence-electron chi connectivity index (χ3n) is 12.7. The Hall–Kier alpha value is -0.570. The van der Waals surface area contributed by atoms with Gasteiger partial charge in [0.05, 0.1) is 6.17 Å². The van der Waals surface area contributed by atoms with Crippen LogP contribution < -0.4 is 0 Å². The van der Waals surface area contributed by atoms with Gasteiger partial charge in [-0.2, -0.15) is 0 Å². The van der Waals surface area contributed by atoms with Crippen LogP contribution in [0.15, 0.2) is 0 Å². The Morgan fingerprint density at radius 1 is 0.396 bits per heavy atom. The van der Waals surface area contributed by atoms with Crippen molar-refractivity contribution in [3.63, 3.8) is 0 Å². The van der Waals surface area contributed by atoms with Crippen LogP contribution in [0.5, 0.6) is 0 Å². The predicted molar refractivity (Wildman–Crippen MR) is 238 cm³/mol. The van der Waals surface area contributed by atoms with E-state index in [-0.39, 0.29) is 6.17 Å². The van der Waals surface area contributed by atoms with Crippen LogP contribution in [0.2, 0.25) is 0 Å².